The Balaban J connectivity index is 1.88. The summed E-state index contributed by atoms with van der Waals surface area (Å²) in [5.74, 6) is -0.421. The smallest absolute Gasteiger partial charge is 0.300 e. The number of carbonyl (C=O) groups excluding carboxylic acids is 2. The van der Waals surface area contributed by atoms with Crippen LogP contribution in [0, 0.1) is 0 Å². The van der Waals surface area contributed by atoms with E-state index in [-0.39, 0.29) is 17.4 Å². The van der Waals surface area contributed by atoms with Gasteiger partial charge in [-0.1, -0.05) is 49.4 Å². The zero-order chi connectivity index (χ0) is 25.1. The van der Waals surface area contributed by atoms with Crippen molar-refractivity contribution >= 4 is 23.1 Å². The Hall–Kier alpha value is -4.06. The summed E-state index contributed by atoms with van der Waals surface area (Å²) in [5, 5.41) is 11.3. The molecule has 1 aliphatic heterocycles. The molecule has 0 bridgehead atoms. The first-order valence-electron chi connectivity index (χ1n) is 11.6. The predicted octanol–water partition coefficient (Wildman–Crippen LogP) is 5.67. The number of methoxy groups -OCH3 is 1. The van der Waals surface area contributed by atoms with E-state index in [1.807, 2.05) is 45.0 Å². The molecule has 1 N–H and O–H groups in total. The van der Waals surface area contributed by atoms with Crippen molar-refractivity contribution in [1.82, 2.24) is 0 Å². The van der Waals surface area contributed by atoms with Crippen LogP contribution >= 0.6 is 0 Å². The number of aliphatic hydroxyl groups is 1. The predicted molar refractivity (Wildman–Crippen MR) is 136 cm³/mol. The van der Waals surface area contributed by atoms with Crippen molar-refractivity contribution < 1.29 is 24.2 Å². The molecule has 1 unspecified atom stereocenters. The van der Waals surface area contributed by atoms with Crippen LogP contribution in [-0.2, 0) is 16.0 Å². The van der Waals surface area contributed by atoms with Crippen LogP contribution in [0.2, 0.25) is 0 Å². The SMILES string of the molecule is CCc1ccc(/C(O)=C2\C(=O)C(=O)N(c3cccc(OC)c3)C2c2ccc(OC(C)C)cc2)cc1. The summed E-state index contributed by atoms with van der Waals surface area (Å²) in [7, 11) is 1.54. The highest BCUT2D eigenvalue weighted by Gasteiger charge is 2.47. The summed E-state index contributed by atoms with van der Waals surface area (Å²) in [6, 6.07) is 20.7. The first-order chi connectivity index (χ1) is 16.8. The lowest BCUT2D eigenvalue weighted by molar-refractivity contribution is -0.132. The van der Waals surface area contributed by atoms with E-state index in [9.17, 15) is 14.7 Å². The molecule has 0 aromatic heterocycles. The van der Waals surface area contributed by atoms with Crippen LogP contribution in [0.1, 0.15) is 43.5 Å². The largest absolute Gasteiger partial charge is 0.507 e. The molecule has 0 spiro atoms. The Morgan fingerprint density at radius 1 is 0.971 bits per heavy atom. The van der Waals surface area contributed by atoms with Crippen LogP contribution in [0.4, 0.5) is 5.69 Å². The highest BCUT2D eigenvalue weighted by molar-refractivity contribution is 6.51. The number of anilines is 1. The molecule has 1 heterocycles. The van der Waals surface area contributed by atoms with Gasteiger partial charge in [-0.05, 0) is 55.7 Å². The van der Waals surface area contributed by atoms with Crippen molar-refractivity contribution in [2.75, 3.05) is 12.0 Å². The van der Waals surface area contributed by atoms with E-state index in [1.54, 1.807) is 48.5 Å². The molecular formula is C29H29NO5. The van der Waals surface area contributed by atoms with Gasteiger partial charge in [0.1, 0.15) is 17.3 Å². The highest BCUT2D eigenvalue weighted by atomic mass is 16.5. The van der Waals surface area contributed by atoms with E-state index in [0.29, 0.717) is 28.3 Å². The molecule has 1 atom stereocenters. The van der Waals surface area contributed by atoms with Gasteiger partial charge in [-0.25, -0.2) is 0 Å². The van der Waals surface area contributed by atoms with Gasteiger partial charge in [0.05, 0.1) is 24.8 Å². The van der Waals surface area contributed by atoms with E-state index in [1.165, 1.54) is 12.0 Å². The molecule has 0 radical (unpaired) electrons. The van der Waals surface area contributed by atoms with Crippen LogP contribution < -0.4 is 14.4 Å². The third-order valence-corrected chi connectivity index (χ3v) is 5.98. The van der Waals surface area contributed by atoms with E-state index in [0.717, 1.165) is 12.0 Å². The molecule has 1 aliphatic rings. The van der Waals surface area contributed by atoms with Crippen LogP contribution in [0.25, 0.3) is 5.76 Å². The Kier molecular flexibility index (Phi) is 6.92. The second-order valence-corrected chi connectivity index (χ2v) is 8.66. The number of ether oxygens (including phenoxy) is 2. The van der Waals surface area contributed by atoms with E-state index >= 15 is 0 Å². The molecule has 4 rings (SSSR count). The molecule has 35 heavy (non-hydrogen) atoms. The number of benzene rings is 3. The second kappa shape index (κ2) is 10.1. The number of amides is 1. The fourth-order valence-electron chi connectivity index (χ4n) is 4.23. The van der Waals surface area contributed by atoms with Gasteiger partial charge in [-0.15, -0.1) is 0 Å². The number of aliphatic hydroxyl groups excluding tert-OH is 1. The number of hydrogen-bond acceptors (Lipinski definition) is 5. The summed E-state index contributed by atoms with van der Waals surface area (Å²) in [6.07, 6.45) is 0.862. The van der Waals surface area contributed by atoms with Gasteiger partial charge in [0.15, 0.2) is 0 Å². The fraction of sp³-hybridized carbons (Fsp3) is 0.241. The number of carbonyl (C=O) groups is 2. The van der Waals surface area contributed by atoms with Crippen molar-refractivity contribution in [3.05, 3.63) is 95.1 Å². The molecule has 3 aromatic rings. The summed E-state index contributed by atoms with van der Waals surface area (Å²) in [4.78, 5) is 28.0. The van der Waals surface area contributed by atoms with E-state index < -0.39 is 17.7 Å². The maximum Gasteiger partial charge on any atom is 0.300 e. The maximum absolute atomic E-state index is 13.3. The van der Waals surface area contributed by atoms with Crippen LogP contribution in [0.5, 0.6) is 11.5 Å². The van der Waals surface area contributed by atoms with Gasteiger partial charge < -0.3 is 14.6 Å². The number of rotatable bonds is 7. The third-order valence-electron chi connectivity index (χ3n) is 5.98. The van der Waals surface area contributed by atoms with E-state index in [2.05, 4.69) is 0 Å². The van der Waals surface area contributed by atoms with Crippen molar-refractivity contribution in [2.45, 2.75) is 39.3 Å². The monoisotopic (exact) mass is 471 g/mol. The van der Waals surface area contributed by atoms with Gasteiger partial charge in [-0.2, -0.15) is 0 Å². The van der Waals surface area contributed by atoms with Gasteiger partial charge in [0.2, 0.25) is 0 Å². The lowest BCUT2D eigenvalue weighted by Gasteiger charge is -2.26. The summed E-state index contributed by atoms with van der Waals surface area (Å²) in [6.45, 7) is 5.92. The number of aryl methyl sites for hydroxylation is 1. The molecule has 6 nitrogen and oxygen atoms in total. The number of Topliss-reactive ketones (excluding diaryl/α,β-unsaturated/α-hetero) is 1. The highest BCUT2D eigenvalue weighted by Crippen LogP contribution is 2.43. The van der Waals surface area contributed by atoms with E-state index in [4.69, 9.17) is 9.47 Å². The van der Waals surface area contributed by atoms with Crippen molar-refractivity contribution in [3.63, 3.8) is 0 Å². The van der Waals surface area contributed by atoms with Crippen LogP contribution in [0.3, 0.4) is 0 Å². The van der Waals surface area contributed by atoms with Crippen LogP contribution in [0.15, 0.2) is 78.4 Å². The molecule has 6 heteroatoms. The van der Waals surface area contributed by atoms with Crippen molar-refractivity contribution in [3.8, 4) is 11.5 Å². The minimum absolute atomic E-state index is 0.00867. The molecule has 0 saturated carbocycles. The van der Waals surface area contributed by atoms with Crippen molar-refractivity contribution in [2.24, 2.45) is 0 Å². The quantitative estimate of drug-likeness (QED) is 0.273. The summed E-state index contributed by atoms with van der Waals surface area (Å²) >= 11 is 0. The average Bonchev–Trinajstić information content (AvgIpc) is 3.14. The minimum atomic E-state index is -0.818. The average molecular weight is 472 g/mol. The standard InChI is InChI=1S/C29H29NO5/c1-5-19-9-11-21(12-10-19)27(31)25-26(20-13-15-23(16-14-20)35-18(2)3)30(29(33)28(25)32)22-7-6-8-24(17-22)34-4/h6-18,26,31H,5H2,1-4H3/b27-25+. The second-order valence-electron chi connectivity index (χ2n) is 8.66. The van der Waals surface area contributed by atoms with Gasteiger partial charge in [0, 0.05) is 17.3 Å². The Labute approximate surface area is 205 Å². The van der Waals surface area contributed by atoms with Gasteiger partial charge in [0.25, 0.3) is 11.7 Å². The maximum atomic E-state index is 13.3. The normalized spacial score (nSPS) is 17.2. The molecule has 1 fully saturated rings. The third kappa shape index (κ3) is 4.78. The lowest BCUT2D eigenvalue weighted by Crippen LogP contribution is -2.29. The Morgan fingerprint density at radius 3 is 2.26 bits per heavy atom. The lowest BCUT2D eigenvalue weighted by atomic mass is 9.94. The molecular weight excluding hydrogens is 442 g/mol. The number of hydrogen-bond donors (Lipinski definition) is 1. The molecule has 1 saturated heterocycles. The molecule has 0 aliphatic carbocycles. The van der Waals surface area contributed by atoms with Crippen LogP contribution in [-0.4, -0.2) is 30.0 Å². The fourth-order valence-corrected chi connectivity index (χ4v) is 4.23. The Bertz CT molecular complexity index is 1260. The zero-order valence-electron chi connectivity index (χ0n) is 20.3. The molecule has 180 valence electrons. The minimum Gasteiger partial charge on any atom is -0.507 e. The first kappa shape index (κ1) is 24.1. The summed E-state index contributed by atoms with van der Waals surface area (Å²) < 4.78 is 11.1. The number of ketones is 1. The first-order valence-corrected chi connectivity index (χ1v) is 11.6. The van der Waals surface area contributed by atoms with Gasteiger partial charge in [-0.3, -0.25) is 14.5 Å². The number of nitrogens with zero attached hydrogens (tertiary/aromatic N) is 1. The zero-order valence-corrected chi connectivity index (χ0v) is 20.3. The Morgan fingerprint density at radius 2 is 1.66 bits per heavy atom. The molecule has 1 amide bonds. The van der Waals surface area contributed by atoms with Crippen molar-refractivity contribution in [1.29, 1.82) is 0 Å². The van der Waals surface area contributed by atoms with Gasteiger partial charge >= 0.3 is 0 Å². The summed E-state index contributed by atoms with van der Waals surface area (Å²) in [5.41, 5.74) is 2.81. The topological polar surface area (TPSA) is 76.1 Å². The molecule has 3 aromatic carbocycles.